The van der Waals surface area contributed by atoms with Crippen LogP contribution >= 0.6 is 0 Å². The van der Waals surface area contributed by atoms with Gasteiger partial charge < -0.3 is 5.73 Å². The maximum atomic E-state index is 5.48. The Morgan fingerprint density at radius 1 is 1.54 bits per heavy atom. The van der Waals surface area contributed by atoms with Gasteiger partial charge in [-0.25, -0.2) is 9.97 Å². The van der Waals surface area contributed by atoms with E-state index in [-0.39, 0.29) is 0 Å². The number of nitrogens with two attached hydrogens (primary N) is 1. The van der Waals surface area contributed by atoms with Gasteiger partial charge in [-0.15, -0.1) is 0 Å². The zero-order valence-corrected chi connectivity index (χ0v) is 7.57. The third kappa shape index (κ3) is 1.29. The van der Waals surface area contributed by atoms with Crippen molar-refractivity contribution in [3.8, 4) is 0 Å². The summed E-state index contributed by atoms with van der Waals surface area (Å²) in [5, 5.41) is 0. The van der Waals surface area contributed by atoms with Crippen LogP contribution in [0.4, 0.5) is 0 Å². The number of aromatic nitrogens is 3. The molecule has 0 aliphatic carbocycles. The van der Waals surface area contributed by atoms with Crippen LogP contribution in [0, 0.1) is 6.92 Å². The molecule has 0 amide bonds. The van der Waals surface area contributed by atoms with Gasteiger partial charge in [-0.05, 0) is 19.5 Å². The normalized spacial score (nSPS) is 10.9. The molecule has 2 heterocycles. The van der Waals surface area contributed by atoms with Crippen LogP contribution in [-0.2, 0) is 6.42 Å². The second-order valence-corrected chi connectivity index (χ2v) is 2.97. The molecule has 0 saturated carbocycles. The van der Waals surface area contributed by atoms with Gasteiger partial charge in [-0.1, -0.05) is 0 Å². The van der Waals surface area contributed by atoms with Crippen LogP contribution in [0.5, 0.6) is 0 Å². The molecule has 4 nitrogen and oxygen atoms in total. The van der Waals surface area contributed by atoms with Crippen LogP contribution in [0.25, 0.3) is 5.78 Å². The van der Waals surface area contributed by atoms with Crippen LogP contribution < -0.4 is 5.73 Å². The Hall–Kier alpha value is -1.42. The van der Waals surface area contributed by atoms with E-state index in [0.29, 0.717) is 6.54 Å². The first-order valence-electron chi connectivity index (χ1n) is 4.31. The molecule has 0 atom stereocenters. The minimum absolute atomic E-state index is 0.630. The lowest BCUT2D eigenvalue weighted by Gasteiger charge is -1.94. The summed E-state index contributed by atoms with van der Waals surface area (Å²) >= 11 is 0. The fraction of sp³-hybridized carbons (Fsp3) is 0.333. The minimum atomic E-state index is 0.630. The van der Waals surface area contributed by atoms with Crippen LogP contribution in [-0.4, -0.2) is 20.9 Å². The summed E-state index contributed by atoms with van der Waals surface area (Å²) in [5.74, 6) is 0.753. The van der Waals surface area contributed by atoms with Crippen molar-refractivity contribution in [2.45, 2.75) is 13.3 Å². The molecule has 0 aliphatic rings. The summed E-state index contributed by atoms with van der Waals surface area (Å²) < 4.78 is 1.98. The first-order valence-corrected chi connectivity index (χ1v) is 4.31. The SMILES string of the molecule is Cc1c(CCN)nc2ncccn12. The summed E-state index contributed by atoms with van der Waals surface area (Å²) in [6, 6.07) is 1.90. The first-order chi connectivity index (χ1) is 6.33. The van der Waals surface area contributed by atoms with Crippen molar-refractivity contribution in [3.05, 3.63) is 29.8 Å². The van der Waals surface area contributed by atoms with Crippen LogP contribution in [0.15, 0.2) is 18.5 Å². The summed E-state index contributed by atoms with van der Waals surface area (Å²) in [4.78, 5) is 8.53. The molecule has 0 radical (unpaired) electrons. The smallest absolute Gasteiger partial charge is 0.234 e. The highest BCUT2D eigenvalue weighted by molar-refractivity contribution is 5.34. The summed E-state index contributed by atoms with van der Waals surface area (Å²) in [7, 11) is 0. The van der Waals surface area contributed by atoms with Gasteiger partial charge in [0, 0.05) is 24.5 Å². The molecule has 0 spiro atoms. The molecule has 13 heavy (non-hydrogen) atoms. The topological polar surface area (TPSA) is 56.2 Å². The van der Waals surface area contributed by atoms with Gasteiger partial charge >= 0.3 is 0 Å². The lowest BCUT2D eigenvalue weighted by atomic mass is 10.2. The number of aryl methyl sites for hydroxylation is 1. The van der Waals surface area contributed by atoms with Crippen molar-refractivity contribution >= 4 is 5.78 Å². The fourth-order valence-corrected chi connectivity index (χ4v) is 1.42. The summed E-state index contributed by atoms with van der Waals surface area (Å²) in [5.41, 5.74) is 7.66. The van der Waals surface area contributed by atoms with Crippen molar-refractivity contribution in [2.75, 3.05) is 6.54 Å². The molecule has 2 N–H and O–H groups in total. The maximum Gasteiger partial charge on any atom is 0.234 e. The zero-order valence-electron chi connectivity index (χ0n) is 7.57. The van der Waals surface area contributed by atoms with Gasteiger partial charge in [0.05, 0.1) is 5.69 Å². The van der Waals surface area contributed by atoms with Gasteiger partial charge in [0.15, 0.2) is 0 Å². The highest BCUT2D eigenvalue weighted by Crippen LogP contribution is 2.09. The number of fused-ring (bicyclic) bond motifs is 1. The van der Waals surface area contributed by atoms with E-state index in [1.165, 1.54) is 0 Å². The lowest BCUT2D eigenvalue weighted by Crippen LogP contribution is -2.04. The van der Waals surface area contributed by atoms with E-state index in [0.717, 1.165) is 23.6 Å². The molecular formula is C9H12N4. The molecule has 2 rings (SSSR count). The van der Waals surface area contributed by atoms with E-state index in [1.807, 2.05) is 23.6 Å². The molecule has 2 aromatic heterocycles. The summed E-state index contributed by atoms with van der Waals surface area (Å²) in [6.45, 7) is 2.66. The van der Waals surface area contributed by atoms with Crippen molar-refractivity contribution in [2.24, 2.45) is 5.73 Å². The Morgan fingerprint density at radius 2 is 2.38 bits per heavy atom. The predicted octanol–water partition coefficient (Wildman–Crippen LogP) is 0.539. The van der Waals surface area contributed by atoms with E-state index in [9.17, 15) is 0 Å². The van der Waals surface area contributed by atoms with E-state index in [1.54, 1.807) is 6.20 Å². The Balaban J connectivity index is 2.60. The van der Waals surface area contributed by atoms with Gasteiger partial charge in [0.1, 0.15) is 0 Å². The zero-order chi connectivity index (χ0) is 9.26. The Kier molecular flexibility index (Phi) is 1.98. The predicted molar refractivity (Wildman–Crippen MR) is 50.5 cm³/mol. The molecular weight excluding hydrogens is 164 g/mol. The second-order valence-electron chi connectivity index (χ2n) is 2.97. The molecule has 0 saturated heterocycles. The van der Waals surface area contributed by atoms with Crippen molar-refractivity contribution in [1.29, 1.82) is 0 Å². The first kappa shape index (κ1) is 8.19. The van der Waals surface area contributed by atoms with Crippen LogP contribution in [0.2, 0.25) is 0 Å². The molecule has 0 fully saturated rings. The Labute approximate surface area is 76.4 Å². The van der Waals surface area contributed by atoms with Crippen molar-refractivity contribution in [3.63, 3.8) is 0 Å². The molecule has 0 bridgehead atoms. The highest BCUT2D eigenvalue weighted by atomic mass is 15.1. The quantitative estimate of drug-likeness (QED) is 0.726. The number of nitrogens with zero attached hydrogens (tertiary/aromatic N) is 3. The van der Waals surface area contributed by atoms with Crippen LogP contribution in [0.3, 0.4) is 0 Å². The molecule has 0 unspecified atom stereocenters. The van der Waals surface area contributed by atoms with Gasteiger partial charge in [0.2, 0.25) is 5.78 Å². The minimum Gasteiger partial charge on any atom is -0.330 e. The molecule has 0 aliphatic heterocycles. The molecule has 2 aromatic rings. The van der Waals surface area contributed by atoms with Crippen molar-refractivity contribution < 1.29 is 0 Å². The molecule has 0 aromatic carbocycles. The molecule has 68 valence electrons. The Morgan fingerprint density at radius 3 is 3.08 bits per heavy atom. The number of hydrogen-bond acceptors (Lipinski definition) is 3. The number of hydrogen-bond donors (Lipinski definition) is 1. The van der Waals surface area contributed by atoms with E-state index >= 15 is 0 Å². The van der Waals surface area contributed by atoms with Gasteiger partial charge in [-0.2, -0.15) is 0 Å². The second kappa shape index (κ2) is 3.14. The third-order valence-electron chi connectivity index (χ3n) is 2.12. The monoisotopic (exact) mass is 176 g/mol. The Bertz CT molecular complexity index is 418. The highest BCUT2D eigenvalue weighted by Gasteiger charge is 2.06. The number of rotatable bonds is 2. The van der Waals surface area contributed by atoms with Crippen molar-refractivity contribution in [1.82, 2.24) is 14.4 Å². The molecule has 4 heteroatoms. The number of imidazole rings is 1. The van der Waals surface area contributed by atoms with E-state index < -0.39 is 0 Å². The average Bonchev–Trinajstić information content (AvgIpc) is 2.46. The van der Waals surface area contributed by atoms with Crippen LogP contribution in [0.1, 0.15) is 11.4 Å². The average molecular weight is 176 g/mol. The summed E-state index contributed by atoms with van der Waals surface area (Å²) in [6.07, 6.45) is 4.52. The fourth-order valence-electron chi connectivity index (χ4n) is 1.42. The standard InChI is InChI=1S/C9H12N4/c1-7-8(3-4-10)12-9-11-5-2-6-13(7)9/h2,5-6H,3-4,10H2,1H3. The largest absolute Gasteiger partial charge is 0.330 e. The third-order valence-corrected chi connectivity index (χ3v) is 2.12. The van der Waals surface area contributed by atoms with Gasteiger partial charge in [0.25, 0.3) is 0 Å². The maximum absolute atomic E-state index is 5.48. The van der Waals surface area contributed by atoms with Gasteiger partial charge in [-0.3, -0.25) is 4.40 Å². The van der Waals surface area contributed by atoms with E-state index in [2.05, 4.69) is 9.97 Å². The van der Waals surface area contributed by atoms with E-state index in [4.69, 9.17) is 5.73 Å². The lowest BCUT2D eigenvalue weighted by molar-refractivity contribution is 0.920.